The normalized spacial score (nSPS) is 15.9. The number of ketones is 1. The molecule has 1 N–H and O–H groups in total. The van der Waals surface area contributed by atoms with Crippen molar-refractivity contribution in [2.75, 3.05) is 13.2 Å². The van der Waals surface area contributed by atoms with Crippen molar-refractivity contribution < 1.29 is 24.2 Å². The quantitative estimate of drug-likeness (QED) is 0.227. The molecule has 0 radical (unpaired) electrons. The number of rotatable bonds is 12. The second-order valence-corrected chi connectivity index (χ2v) is 10.0. The molecule has 202 valence electrons. The summed E-state index contributed by atoms with van der Waals surface area (Å²) in [5.74, 6) is -0.0872. The van der Waals surface area contributed by atoms with Gasteiger partial charge in [-0.25, -0.2) is 4.79 Å². The molecule has 4 rings (SSSR count). The first-order valence-corrected chi connectivity index (χ1v) is 13.5. The smallest absolute Gasteiger partial charge is 0.335 e. The van der Waals surface area contributed by atoms with Gasteiger partial charge < -0.3 is 14.6 Å². The molecule has 3 aromatic carbocycles. The Kier molecular flexibility index (Phi) is 9.10. The van der Waals surface area contributed by atoms with Crippen molar-refractivity contribution >= 4 is 41.2 Å². The van der Waals surface area contributed by atoms with Crippen molar-refractivity contribution in [1.29, 1.82) is 0 Å². The predicted octanol–water partition coefficient (Wildman–Crippen LogP) is 7.74. The van der Waals surface area contributed by atoms with Gasteiger partial charge in [-0.1, -0.05) is 43.1 Å². The van der Waals surface area contributed by atoms with Gasteiger partial charge in [0.1, 0.15) is 17.0 Å². The second-order valence-electron chi connectivity index (χ2n) is 9.23. The van der Waals surface area contributed by atoms with Crippen LogP contribution in [0.1, 0.15) is 53.0 Å². The van der Waals surface area contributed by atoms with Crippen LogP contribution in [0.25, 0.3) is 11.1 Å². The van der Waals surface area contributed by atoms with Gasteiger partial charge in [0.15, 0.2) is 5.78 Å². The van der Waals surface area contributed by atoms with E-state index in [0.29, 0.717) is 46.4 Å². The number of ether oxygens (including phenoxy) is 2. The first kappa shape index (κ1) is 28.4. The molecule has 6 nitrogen and oxygen atoms in total. The third-order valence-corrected chi connectivity index (χ3v) is 6.96. The summed E-state index contributed by atoms with van der Waals surface area (Å²) in [6.45, 7) is 5.07. The van der Waals surface area contributed by atoms with E-state index in [4.69, 9.17) is 32.7 Å². The first-order chi connectivity index (χ1) is 18.8. The number of halogens is 2. The number of aliphatic imine (C=N–C) groups is 1. The number of carbonyl (C=O) groups excluding carboxylic acids is 1. The van der Waals surface area contributed by atoms with Gasteiger partial charge in [0, 0.05) is 28.8 Å². The highest BCUT2D eigenvalue weighted by Crippen LogP contribution is 2.37. The van der Waals surface area contributed by atoms with E-state index >= 15 is 0 Å². The molecule has 0 saturated carbocycles. The summed E-state index contributed by atoms with van der Waals surface area (Å²) in [6, 6.07) is 15.1. The van der Waals surface area contributed by atoms with Gasteiger partial charge in [0.2, 0.25) is 0 Å². The molecule has 0 amide bonds. The van der Waals surface area contributed by atoms with Crippen molar-refractivity contribution in [1.82, 2.24) is 0 Å². The Morgan fingerprint density at radius 2 is 1.69 bits per heavy atom. The molecular weight excluding hydrogens is 537 g/mol. The number of aromatic carboxylic acids is 1. The van der Waals surface area contributed by atoms with Crippen molar-refractivity contribution in [2.24, 2.45) is 4.99 Å². The maximum absolute atomic E-state index is 14.0. The van der Waals surface area contributed by atoms with Gasteiger partial charge in [-0.05, 0) is 84.7 Å². The summed E-state index contributed by atoms with van der Waals surface area (Å²) < 4.78 is 11.7. The molecule has 1 atom stereocenters. The Hall–Kier alpha value is -3.61. The number of carboxylic acid groups (broad SMARTS) is 1. The Balaban J connectivity index is 1.75. The van der Waals surface area contributed by atoms with Gasteiger partial charge in [-0.2, -0.15) is 0 Å². The molecular formula is C31H29Cl2NO5. The molecule has 8 heteroatoms. The molecule has 1 aliphatic heterocycles. The highest BCUT2D eigenvalue weighted by atomic mass is 35.5. The van der Waals surface area contributed by atoms with Crippen LogP contribution in [0.4, 0.5) is 0 Å². The minimum absolute atomic E-state index is 0.123. The molecule has 39 heavy (non-hydrogen) atoms. The van der Waals surface area contributed by atoms with Crippen LogP contribution in [0.15, 0.2) is 71.7 Å². The summed E-state index contributed by atoms with van der Waals surface area (Å²) >= 11 is 13.0. The van der Waals surface area contributed by atoms with E-state index < -0.39 is 11.5 Å². The van der Waals surface area contributed by atoms with Gasteiger partial charge in [-0.15, -0.1) is 0 Å². The lowest BCUT2D eigenvalue weighted by Gasteiger charge is -2.25. The van der Waals surface area contributed by atoms with Crippen molar-refractivity contribution in [3.8, 4) is 22.6 Å². The maximum Gasteiger partial charge on any atom is 0.335 e. The molecule has 0 fully saturated rings. The van der Waals surface area contributed by atoms with Gasteiger partial charge in [0.05, 0.1) is 23.8 Å². The Bertz CT molecular complexity index is 1430. The molecule has 0 bridgehead atoms. The number of hydrogen-bond acceptors (Lipinski definition) is 5. The van der Waals surface area contributed by atoms with Crippen LogP contribution >= 0.6 is 23.2 Å². The molecule has 0 aliphatic carbocycles. The number of carbonyl (C=O) groups is 2. The van der Waals surface area contributed by atoms with Crippen molar-refractivity contribution in [3.05, 3.63) is 93.5 Å². The Morgan fingerprint density at radius 1 is 0.923 bits per heavy atom. The number of benzene rings is 3. The van der Waals surface area contributed by atoms with E-state index in [-0.39, 0.29) is 22.8 Å². The lowest BCUT2D eigenvalue weighted by Crippen LogP contribution is -2.36. The standard InChI is InChI=1S/C31H29Cl2NO5/c1-3-14-38-23-8-9-24(27(33)18-23)29(35)31(12-5-13-34-31)19-22-16-20(7-11-28(22)39-15-4-2)25-17-21(30(36)37)6-10-26(25)32/h5-13,16-18H,3-4,14-15,19H2,1-2H3,(H,36,37). The number of hydrogen-bond donors (Lipinski definition) is 1. The topological polar surface area (TPSA) is 85.2 Å². The fourth-order valence-electron chi connectivity index (χ4n) is 4.37. The molecule has 3 aromatic rings. The highest BCUT2D eigenvalue weighted by Gasteiger charge is 2.39. The molecule has 0 saturated heterocycles. The van der Waals surface area contributed by atoms with Crippen LogP contribution < -0.4 is 9.47 Å². The van der Waals surface area contributed by atoms with Crippen LogP contribution in [-0.2, 0) is 6.42 Å². The fourth-order valence-corrected chi connectivity index (χ4v) is 4.85. The molecule has 1 heterocycles. The van der Waals surface area contributed by atoms with E-state index in [0.717, 1.165) is 18.4 Å². The summed E-state index contributed by atoms with van der Waals surface area (Å²) in [4.78, 5) is 30.1. The predicted molar refractivity (Wildman–Crippen MR) is 155 cm³/mol. The summed E-state index contributed by atoms with van der Waals surface area (Å²) in [6.07, 6.45) is 6.97. The molecule has 0 spiro atoms. The lowest BCUT2D eigenvalue weighted by atomic mass is 9.83. The van der Waals surface area contributed by atoms with Crippen molar-refractivity contribution in [2.45, 2.75) is 38.6 Å². The number of nitrogens with zero attached hydrogens (tertiary/aromatic N) is 1. The van der Waals surface area contributed by atoms with E-state index in [2.05, 4.69) is 4.99 Å². The zero-order valence-electron chi connectivity index (χ0n) is 21.7. The summed E-state index contributed by atoms with van der Waals surface area (Å²) in [5, 5.41) is 10.2. The van der Waals surface area contributed by atoms with E-state index in [9.17, 15) is 14.7 Å². The van der Waals surface area contributed by atoms with Crippen LogP contribution in [-0.4, -0.2) is 41.8 Å². The number of allylic oxidation sites excluding steroid dienone is 1. The molecule has 0 aromatic heterocycles. The SMILES string of the molecule is CCCOc1ccc(C(=O)C2(Cc3cc(-c4cc(C(=O)O)ccc4Cl)ccc3OCCC)C=CC=N2)c(Cl)c1. The van der Waals surface area contributed by atoms with Gasteiger partial charge in [0.25, 0.3) is 0 Å². The van der Waals surface area contributed by atoms with Crippen molar-refractivity contribution in [3.63, 3.8) is 0 Å². The number of carboxylic acids is 1. The van der Waals surface area contributed by atoms with E-state index in [1.54, 1.807) is 42.6 Å². The number of Topliss-reactive ketones (excluding diaryl/α,β-unsaturated/α-hetero) is 1. The average Bonchev–Trinajstić information content (AvgIpc) is 3.40. The van der Waals surface area contributed by atoms with Crippen LogP contribution in [0.5, 0.6) is 11.5 Å². The van der Waals surface area contributed by atoms with E-state index in [1.165, 1.54) is 12.1 Å². The minimum Gasteiger partial charge on any atom is -0.494 e. The summed E-state index contributed by atoms with van der Waals surface area (Å²) in [5.41, 5.74) is 1.23. The van der Waals surface area contributed by atoms with Crippen LogP contribution in [0.3, 0.4) is 0 Å². The molecule has 1 aliphatic rings. The molecule has 1 unspecified atom stereocenters. The Labute approximate surface area is 237 Å². The third kappa shape index (κ3) is 6.35. The van der Waals surface area contributed by atoms with Gasteiger partial charge >= 0.3 is 5.97 Å². The Morgan fingerprint density at radius 3 is 2.36 bits per heavy atom. The first-order valence-electron chi connectivity index (χ1n) is 12.8. The van der Waals surface area contributed by atoms with Crippen LogP contribution in [0, 0.1) is 0 Å². The second kappa shape index (κ2) is 12.5. The minimum atomic E-state index is -1.23. The average molecular weight is 566 g/mol. The summed E-state index contributed by atoms with van der Waals surface area (Å²) in [7, 11) is 0. The van der Waals surface area contributed by atoms with Gasteiger partial charge in [-0.3, -0.25) is 9.79 Å². The maximum atomic E-state index is 14.0. The largest absolute Gasteiger partial charge is 0.494 e. The van der Waals surface area contributed by atoms with Crippen LogP contribution in [0.2, 0.25) is 10.0 Å². The zero-order chi connectivity index (χ0) is 28.0. The highest BCUT2D eigenvalue weighted by molar-refractivity contribution is 6.35. The third-order valence-electron chi connectivity index (χ3n) is 6.32. The fraction of sp³-hybridized carbons (Fsp3) is 0.258. The monoisotopic (exact) mass is 565 g/mol. The van der Waals surface area contributed by atoms with E-state index in [1.807, 2.05) is 32.0 Å². The zero-order valence-corrected chi connectivity index (χ0v) is 23.3. The lowest BCUT2D eigenvalue weighted by molar-refractivity contribution is 0.0696.